The van der Waals surface area contributed by atoms with Crippen LogP contribution in [-0.4, -0.2) is 40.3 Å². The zero-order chi connectivity index (χ0) is 25.4. The zero-order valence-corrected chi connectivity index (χ0v) is 20.1. The zero-order valence-electron chi connectivity index (χ0n) is 20.1. The Morgan fingerprint density at radius 1 is 1.06 bits per heavy atom. The van der Waals surface area contributed by atoms with Crippen molar-refractivity contribution in [2.24, 2.45) is 11.8 Å². The topological polar surface area (TPSA) is 73.6 Å². The van der Waals surface area contributed by atoms with Gasteiger partial charge in [0.1, 0.15) is 17.4 Å². The molecule has 2 aromatic carbocycles. The minimum Gasteiger partial charge on any atom is -0.489 e. The van der Waals surface area contributed by atoms with Crippen LogP contribution >= 0.6 is 0 Å². The summed E-state index contributed by atoms with van der Waals surface area (Å²) in [4.78, 5) is 14.0. The summed E-state index contributed by atoms with van der Waals surface area (Å²) >= 11 is 0. The first-order chi connectivity index (χ1) is 17.2. The van der Waals surface area contributed by atoms with Crippen molar-refractivity contribution in [2.75, 3.05) is 0 Å². The van der Waals surface area contributed by atoms with Gasteiger partial charge in [-0.1, -0.05) is 24.6 Å². The normalized spacial score (nSPS) is 29.0. The maximum Gasteiger partial charge on any atom is 0.391 e. The molecule has 5 nitrogen and oxygen atoms in total. The van der Waals surface area contributed by atoms with Gasteiger partial charge in [0, 0.05) is 24.0 Å². The van der Waals surface area contributed by atoms with E-state index in [9.17, 15) is 28.3 Å². The van der Waals surface area contributed by atoms with E-state index in [-0.39, 0.29) is 36.9 Å². The molecule has 2 heterocycles. The van der Waals surface area contributed by atoms with E-state index in [0.29, 0.717) is 37.0 Å². The number of hydrogen-bond acceptors (Lipinski definition) is 4. The largest absolute Gasteiger partial charge is 0.489 e. The van der Waals surface area contributed by atoms with E-state index < -0.39 is 18.1 Å². The van der Waals surface area contributed by atoms with Gasteiger partial charge in [-0.15, -0.1) is 0 Å². The molecule has 1 aliphatic carbocycles. The number of nitriles is 1. The summed E-state index contributed by atoms with van der Waals surface area (Å²) in [6, 6.07) is 12.5. The SMILES string of the molecule is N#Cc1c(OC2CCC(C(F)(F)F)CC2)ccc2cc(CN3C4CCCC3CC(C(=O)O)C4)ccc12. The van der Waals surface area contributed by atoms with E-state index in [2.05, 4.69) is 17.0 Å². The molecule has 3 aliphatic rings. The maximum absolute atomic E-state index is 13.0. The molecule has 0 radical (unpaired) electrons. The van der Waals surface area contributed by atoms with Crippen LogP contribution in [0.4, 0.5) is 13.2 Å². The summed E-state index contributed by atoms with van der Waals surface area (Å²) in [7, 11) is 0. The van der Waals surface area contributed by atoms with Crippen LogP contribution < -0.4 is 4.74 Å². The van der Waals surface area contributed by atoms with Gasteiger partial charge >= 0.3 is 12.1 Å². The first-order valence-corrected chi connectivity index (χ1v) is 12.9. The summed E-state index contributed by atoms with van der Waals surface area (Å²) in [5.41, 5.74) is 1.53. The Kier molecular flexibility index (Phi) is 6.86. The van der Waals surface area contributed by atoms with Crippen LogP contribution in [0.25, 0.3) is 10.8 Å². The van der Waals surface area contributed by atoms with Gasteiger partial charge in [-0.05, 0) is 74.4 Å². The highest BCUT2D eigenvalue weighted by molar-refractivity contribution is 5.90. The average Bonchev–Trinajstić information content (AvgIpc) is 2.83. The lowest BCUT2D eigenvalue weighted by Crippen LogP contribution is -2.52. The van der Waals surface area contributed by atoms with Crippen LogP contribution in [-0.2, 0) is 11.3 Å². The molecule has 0 aromatic heterocycles. The van der Waals surface area contributed by atoms with Crippen molar-refractivity contribution in [1.29, 1.82) is 5.26 Å². The number of ether oxygens (including phenoxy) is 1. The monoisotopic (exact) mass is 500 g/mol. The Bertz CT molecular complexity index is 1150. The highest BCUT2D eigenvalue weighted by atomic mass is 19.4. The Labute approximate surface area is 208 Å². The molecule has 1 N–H and O–H groups in total. The Morgan fingerprint density at radius 3 is 2.36 bits per heavy atom. The average molecular weight is 501 g/mol. The molecular weight excluding hydrogens is 469 g/mol. The smallest absolute Gasteiger partial charge is 0.391 e. The van der Waals surface area contributed by atoms with Gasteiger partial charge in [-0.2, -0.15) is 18.4 Å². The molecule has 2 aliphatic heterocycles. The van der Waals surface area contributed by atoms with Crippen LogP contribution in [0.1, 0.15) is 68.9 Å². The molecule has 36 heavy (non-hydrogen) atoms. The summed E-state index contributed by atoms with van der Waals surface area (Å²) in [5.74, 6) is -1.78. The number of rotatable bonds is 5. The van der Waals surface area contributed by atoms with E-state index in [1.807, 2.05) is 18.2 Å². The first-order valence-electron chi connectivity index (χ1n) is 12.9. The fourth-order valence-corrected chi connectivity index (χ4v) is 6.51. The molecule has 5 rings (SSSR count). The molecule has 2 bridgehead atoms. The number of nitrogens with zero attached hydrogens (tertiary/aromatic N) is 2. The minimum atomic E-state index is -4.16. The van der Waals surface area contributed by atoms with Crippen molar-refractivity contribution in [2.45, 2.75) is 88.7 Å². The number of piperidine rings is 2. The van der Waals surface area contributed by atoms with Crippen LogP contribution in [0.5, 0.6) is 5.75 Å². The predicted octanol–water partition coefficient (Wildman–Crippen LogP) is 6.43. The van der Waals surface area contributed by atoms with Crippen LogP contribution in [0.3, 0.4) is 0 Å². The standard InChI is InChI=1S/C28H31F3N2O3/c29-28(30,31)20-6-8-23(9-7-20)36-26-11-5-18-12-17(4-10-24(18)25(26)15-32)16-33-21-2-1-3-22(33)14-19(13-21)27(34)35/h4-5,10-12,19-23H,1-3,6-9,13-14,16H2,(H,34,35). The van der Waals surface area contributed by atoms with E-state index in [4.69, 9.17) is 4.74 Å². The van der Waals surface area contributed by atoms with Crippen molar-refractivity contribution >= 4 is 16.7 Å². The third-order valence-electron chi connectivity index (χ3n) is 8.43. The first kappa shape index (κ1) is 24.9. The second kappa shape index (κ2) is 9.93. The van der Waals surface area contributed by atoms with E-state index >= 15 is 0 Å². The van der Waals surface area contributed by atoms with E-state index in [0.717, 1.165) is 42.1 Å². The number of benzene rings is 2. The van der Waals surface area contributed by atoms with Crippen molar-refractivity contribution in [3.63, 3.8) is 0 Å². The number of carboxylic acid groups (broad SMARTS) is 1. The second-order valence-electron chi connectivity index (χ2n) is 10.7. The molecule has 0 amide bonds. The molecule has 1 saturated carbocycles. The number of aliphatic carboxylic acids is 1. The third-order valence-corrected chi connectivity index (χ3v) is 8.43. The van der Waals surface area contributed by atoms with Crippen molar-refractivity contribution in [3.8, 4) is 11.8 Å². The number of carbonyl (C=O) groups is 1. The molecule has 8 heteroatoms. The Morgan fingerprint density at radius 2 is 1.75 bits per heavy atom. The number of fused-ring (bicyclic) bond motifs is 3. The van der Waals surface area contributed by atoms with Gasteiger partial charge in [-0.3, -0.25) is 9.69 Å². The molecule has 2 unspecified atom stereocenters. The van der Waals surface area contributed by atoms with Crippen LogP contribution in [0.15, 0.2) is 30.3 Å². The lowest BCUT2D eigenvalue weighted by Gasteiger charge is -2.48. The number of carboxylic acids is 1. The van der Waals surface area contributed by atoms with Crippen molar-refractivity contribution < 1.29 is 27.8 Å². The van der Waals surface area contributed by atoms with Gasteiger partial charge in [0.15, 0.2) is 0 Å². The third kappa shape index (κ3) is 5.04. The molecule has 3 fully saturated rings. The molecular formula is C28H31F3N2O3. The molecule has 2 aromatic rings. The molecule has 2 atom stereocenters. The van der Waals surface area contributed by atoms with E-state index in [1.165, 1.54) is 0 Å². The van der Waals surface area contributed by atoms with Gasteiger partial charge in [0.2, 0.25) is 0 Å². The summed E-state index contributed by atoms with van der Waals surface area (Å²) in [5, 5.41) is 21.1. The summed E-state index contributed by atoms with van der Waals surface area (Å²) in [6.45, 7) is 0.750. The molecule has 2 saturated heterocycles. The predicted molar refractivity (Wildman–Crippen MR) is 128 cm³/mol. The molecule has 0 spiro atoms. The van der Waals surface area contributed by atoms with Crippen molar-refractivity contribution in [3.05, 3.63) is 41.5 Å². The highest BCUT2D eigenvalue weighted by Crippen LogP contribution is 2.40. The van der Waals surface area contributed by atoms with Gasteiger partial charge in [0.25, 0.3) is 0 Å². The highest BCUT2D eigenvalue weighted by Gasteiger charge is 2.42. The van der Waals surface area contributed by atoms with Crippen molar-refractivity contribution in [1.82, 2.24) is 4.90 Å². The Balaban J connectivity index is 1.30. The maximum atomic E-state index is 13.0. The fourth-order valence-electron chi connectivity index (χ4n) is 6.51. The summed E-state index contributed by atoms with van der Waals surface area (Å²) < 4.78 is 45.0. The van der Waals surface area contributed by atoms with Gasteiger partial charge in [0.05, 0.1) is 17.9 Å². The van der Waals surface area contributed by atoms with Gasteiger partial charge in [-0.25, -0.2) is 0 Å². The van der Waals surface area contributed by atoms with E-state index in [1.54, 1.807) is 6.07 Å². The van der Waals surface area contributed by atoms with Crippen LogP contribution in [0, 0.1) is 23.2 Å². The Hall–Kier alpha value is -2.79. The number of alkyl halides is 3. The fraction of sp³-hybridized carbons (Fsp3) is 0.571. The molecule has 192 valence electrons. The second-order valence-corrected chi connectivity index (χ2v) is 10.7. The number of hydrogen-bond donors (Lipinski definition) is 1. The minimum absolute atomic E-state index is 0.0543. The lowest BCUT2D eigenvalue weighted by molar-refractivity contribution is -0.185. The number of halogens is 3. The quantitative estimate of drug-likeness (QED) is 0.512. The lowest BCUT2D eigenvalue weighted by atomic mass is 9.78. The van der Waals surface area contributed by atoms with Crippen LogP contribution in [0.2, 0.25) is 0 Å². The van der Waals surface area contributed by atoms with Gasteiger partial charge < -0.3 is 9.84 Å². The summed E-state index contributed by atoms with van der Waals surface area (Å²) in [6.07, 6.45) is 0.872.